The first kappa shape index (κ1) is 14.0. The molecule has 110 valence electrons. The Labute approximate surface area is 126 Å². The van der Waals surface area contributed by atoms with Crippen molar-refractivity contribution in [2.45, 2.75) is 0 Å². The largest absolute Gasteiger partial charge is 0.366 e. The third kappa shape index (κ3) is 2.90. The molecule has 0 radical (unpaired) electrons. The number of hydrogen-bond donors (Lipinski definition) is 0. The van der Waals surface area contributed by atoms with Gasteiger partial charge in [0, 0.05) is 26.2 Å². The van der Waals surface area contributed by atoms with E-state index in [1.165, 1.54) is 6.07 Å². The molecule has 2 heterocycles. The second-order valence-electron chi connectivity index (χ2n) is 4.74. The first-order valence-corrected chi connectivity index (χ1v) is 6.95. The van der Waals surface area contributed by atoms with Crippen LogP contribution in [0.1, 0.15) is 0 Å². The molecule has 0 saturated carbocycles. The summed E-state index contributed by atoms with van der Waals surface area (Å²) in [5, 5.41) is 0.0166. The van der Waals surface area contributed by atoms with Crippen molar-refractivity contribution in [1.82, 2.24) is 9.97 Å². The van der Waals surface area contributed by atoms with Crippen LogP contribution in [0.5, 0.6) is 0 Å². The van der Waals surface area contributed by atoms with Crippen molar-refractivity contribution in [1.29, 1.82) is 0 Å². The molecular formula is C14H13ClF2N4. The maximum Gasteiger partial charge on any atom is 0.224 e. The van der Waals surface area contributed by atoms with Crippen LogP contribution in [0, 0.1) is 11.6 Å². The Morgan fingerprint density at radius 2 is 1.62 bits per heavy atom. The lowest BCUT2D eigenvalue weighted by molar-refractivity contribution is 0.572. The SMILES string of the molecule is Fc1ccccc1N1CCN(c2nc(Cl)ncc2F)CC1. The van der Waals surface area contributed by atoms with E-state index in [2.05, 4.69) is 9.97 Å². The van der Waals surface area contributed by atoms with E-state index < -0.39 is 5.82 Å². The fourth-order valence-electron chi connectivity index (χ4n) is 2.43. The van der Waals surface area contributed by atoms with E-state index in [1.54, 1.807) is 23.1 Å². The molecule has 1 aromatic heterocycles. The van der Waals surface area contributed by atoms with Gasteiger partial charge < -0.3 is 9.80 Å². The number of halogens is 3. The minimum Gasteiger partial charge on any atom is -0.366 e. The summed E-state index contributed by atoms with van der Waals surface area (Å²) in [5.41, 5.74) is 0.568. The summed E-state index contributed by atoms with van der Waals surface area (Å²) in [5.74, 6) is -0.552. The number of hydrogen-bond acceptors (Lipinski definition) is 4. The van der Waals surface area contributed by atoms with Crippen molar-refractivity contribution in [2.24, 2.45) is 0 Å². The molecule has 1 aromatic carbocycles. The number of nitrogens with zero attached hydrogens (tertiary/aromatic N) is 4. The highest BCUT2D eigenvalue weighted by molar-refractivity contribution is 6.28. The van der Waals surface area contributed by atoms with Crippen molar-refractivity contribution < 1.29 is 8.78 Å². The van der Waals surface area contributed by atoms with Gasteiger partial charge >= 0.3 is 0 Å². The van der Waals surface area contributed by atoms with E-state index in [0.29, 0.717) is 31.9 Å². The van der Waals surface area contributed by atoms with Gasteiger partial charge in [-0.05, 0) is 23.7 Å². The zero-order valence-electron chi connectivity index (χ0n) is 11.1. The number of aromatic nitrogens is 2. The molecule has 1 aliphatic rings. The van der Waals surface area contributed by atoms with Crippen LogP contribution in [0.15, 0.2) is 30.5 Å². The van der Waals surface area contributed by atoms with Gasteiger partial charge in [-0.3, -0.25) is 0 Å². The van der Waals surface area contributed by atoms with Crippen LogP contribution >= 0.6 is 11.6 Å². The van der Waals surface area contributed by atoms with E-state index in [9.17, 15) is 8.78 Å². The number of anilines is 2. The summed E-state index contributed by atoms with van der Waals surface area (Å²) in [6, 6.07) is 6.64. The molecule has 0 bridgehead atoms. The molecule has 0 aliphatic carbocycles. The van der Waals surface area contributed by atoms with Crippen molar-refractivity contribution in [3.63, 3.8) is 0 Å². The van der Waals surface area contributed by atoms with E-state index in [4.69, 9.17) is 11.6 Å². The topological polar surface area (TPSA) is 32.3 Å². The van der Waals surface area contributed by atoms with Crippen molar-refractivity contribution in [2.75, 3.05) is 36.0 Å². The molecule has 4 nitrogen and oxygen atoms in total. The first-order valence-electron chi connectivity index (χ1n) is 6.57. The molecule has 1 saturated heterocycles. The summed E-state index contributed by atoms with van der Waals surface area (Å²) in [6.07, 6.45) is 1.06. The quantitative estimate of drug-likeness (QED) is 0.798. The zero-order chi connectivity index (χ0) is 14.8. The Balaban J connectivity index is 1.73. The molecule has 0 spiro atoms. The van der Waals surface area contributed by atoms with Crippen molar-refractivity contribution >= 4 is 23.1 Å². The van der Waals surface area contributed by atoms with Crippen LogP contribution in [0.3, 0.4) is 0 Å². The van der Waals surface area contributed by atoms with Gasteiger partial charge in [0.1, 0.15) is 5.82 Å². The third-order valence-electron chi connectivity index (χ3n) is 3.47. The fraction of sp³-hybridized carbons (Fsp3) is 0.286. The highest BCUT2D eigenvalue weighted by atomic mass is 35.5. The molecule has 2 aromatic rings. The van der Waals surface area contributed by atoms with Crippen molar-refractivity contribution in [3.05, 3.63) is 47.4 Å². The van der Waals surface area contributed by atoms with Crippen LogP contribution in [-0.4, -0.2) is 36.1 Å². The van der Waals surface area contributed by atoms with Gasteiger partial charge in [0.25, 0.3) is 0 Å². The summed E-state index contributed by atoms with van der Waals surface area (Å²) >= 11 is 5.71. The molecule has 1 fully saturated rings. The molecule has 0 unspecified atom stereocenters. The van der Waals surface area contributed by atoms with Gasteiger partial charge in [-0.25, -0.2) is 13.8 Å². The van der Waals surface area contributed by atoms with Crippen LogP contribution in [0.2, 0.25) is 5.28 Å². The molecule has 0 N–H and O–H groups in total. The van der Waals surface area contributed by atoms with E-state index >= 15 is 0 Å². The molecule has 3 rings (SSSR count). The van der Waals surface area contributed by atoms with Gasteiger partial charge in [0.2, 0.25) is 5.28 Å². The first-order chi connectivity index (χ1) is 10.1. The van der Waals surface area contributed by atoms with Crippen LogP contribution in [0.4, 0.5) is 20.3 Å². The Bertz CT molecular complexity index is 645. The van der Waals surface area contributed by atoms with Crippen LogP contribution < -0.4 is 9.80 Å². The molecule has 1 aliphatic heterocycles. The number of piperazine rings is 1. The maximum atomic E-state index is 13.8. The van der Waals surface area contributed by atoms with Gasteiger partial charge in [-0.15, -0.1) is 0 Å². The molecule has 0 amide bonds. The van der Waals surface area contributed by atoms with E-state index in [0.717, 1.165) is 6.20 Å². The second-order valence-corrected chi connectivity index (χ2v) is 5.07. The predicted molar refractivity (Wildman–Crippen MR) is 77.8 cm³/mol. The molecule has 7 heteroatoms. The summed E-state index contributed by atoms with van der Waals surface area (Å²) in [6.45, 7) is 2.25. The predicted octanol–water partition coefficient (Wildman–Crippen LogP) is 2.73. The second kappa shape index (κ2) is 5.81. The lowest BCUT2D eigenvalue weighted by atomic mass is 10.2. The average molecular weight is 311 g/mol. The monoisotopic (exact) mass is 310 g/mol. The minimum atomic E-state index is -0.501. The lowest BCUT2D eigenvalue weighted by Crippen LogP contribution is -2.47. The normalized spacial score (nSPS) is 15.4. The number of rotatable bonds is 2. The highest BCUT2D eigenvalue weighted by Crippen LogP contribution is 2.23. The van der Waals surface area contributed by atoms with Gasteiger partial charge in [-0.2, -0.15) is 4.98 Å². The standard InChI is InChI=1S/C14H13ClF2N4/c15-14-18-9-11(17)13(19-14)21-7-5-20(6-8-21)12-4-2-1-3-10(12)16/h1-4,9H,5-8H2. The zero-order valence-corrected chi connectivity index (χ0v) is 11.9. The summed E-state index contributed by atoms with van der Waals surface area (Å²) in [4.78, 5) is 11.3. The molecular weight excluding hydrogens is 298 g/mol. The fourth-order valence-corrected chi connectivity index (χ4v) is 2.56. The lowest BCUT2D eigenvalue weighted by Gasteiger charge is -2.36. The minimum absolute atomic E-state index is 0.0166. The molecule has 0 atom stereocenters. The van der Waals surface area contributed by atoms with Crippen LogP contribution in [0.25, 0.3) is 0 Å². The highest BCUT2D eigenvalue weighted by Gasteiger charge is 2.22. The van der Waals surface area contributed by atoms with Crippen LogP contribution in [-0.2, 0) is 0 Å². The Hall–Kier alpha value is -1.95. The summed E-state index contributed by atoms with van der Waals surface area (Å²) in [7, 11) is 0. The van der Waals surface area contributed by atoms with E-state index in [-0.39, 0.29) is 16.9 Å². The van der Waals surface area contributed by atoms with E-state index in [1.807, 2.05) is 4.90 Å². The van der Waals surface area contributed by atoms with Gasteiger partial charge in [0.05, 0.1) is 11.9 Å². The maximum absolute atomic E-state index is 13.8. The average Bonchev–Trinajstić information content (AvgIpc) is 2.50. The smallest absolute Gasteiger partial charge is 0.224 e. The van der Waals surface area contributed by atoms with Gasteiger partial charge in [-0.1, -0.05) is 12.1 Å². The third-order valence-corrected chi connectivity index (χ3v) is 3.65. The Morgan fingerprint density at radius 1 is 0.952 bits per heavy atom. The summed E-state index contributed by atoms with van der Waals surface area (Å²) < 4.78 is 27.5. The Morgan fingerprint density at radius 3 is 2.33 bits per heavy atom. The number of para-hydroxylation sites is 1. The molecule has 21 heavy (non-hydrogen) atoms. The van der Waals surface area contributed by atoms with Gasteiger partial charge in [0.15, 0.2) is 11.6 Å². The Kier molecular flexibility index (Phi) is 3.88. The van der Waals surface area contributed by atoms with Crippen molar-refractivity contribution in [3.8, 4) is 0 Å². The number of benzene rings is 1.